The predicted octanol–water partition coefficient (Wildman–Crippen LogP) is 0.921. The van der Waals surface area contributed by atoms with Gasteiger partial charge in [-0.3, -0.25) is 4.98 Å². The first-order valence-corrected chi connectivity index (χ1v) is 4.77. The molecule has 0 unspecified atom stereocenters. The summed E-state index contributed by atoms with van der Waals surface area (Å²) in [5, 5.41) is 0. The Kier molecular flexibility index (Phi) is 2.99. The molecule has 2 rings (SSSR count). The van der Waals surface area contributed by atoms with Gasteiger partial charge < -0.3 is 5.73 Å². The van der Waals surface area contributed by atoms with Crippen LogP contribution in [-0.4, -0.2) is 15.0 Å². The first-order valence-electron chi connectivity index (χ1n) is 4.77. The topological polar surface area (TPSA) is 64.7 Å². The highest BCUT2D eigenvalue weighted by Crippen LogP contribution is 2.03. The van der Waals surface area contributed by atoms with E-state index < -0.39 is 0 Å². The summed E-state index contributed by atoms with van der Waals surface area (Å²) in [5.41, 5.74) is 7.57. The number of nitrogens with two attached hydrogens (primary N) is 1. The molecule has 0 amide bonds. The second kappa shape index (κ2) is 4.61. The molecule has 0 fully saturated rings. The zero-order valence-corrected chi connectivity index (χ0v) is 8.30. The Balaban J connectivity index is 2.11. The number of rotatable bonds is 3. The molecule has 4 heteroatoms. The van der Waals surface area contributed by atoms with E-state index in [2.05, 4.69) is 15.0 Å². The second-order valence-electron chi connectivity index (χ2n) is 3.24. The van der Waals surface area contributed by atoms with Crippen LogP contribution in [0.1, 0.15) is 17.0 Å². The van der Waals surface area contributed by atoms with Gasteiger partial charge >= 0.3 is 0 Å². The molecule has 2 aromatic rings. The Morgan fingerprint density at radius 1 is 1.00 bits per heavy atom. The van der Waals surface area contributed by atoms with Crippen LogP contribution >= 0.6 is 0 Å². The molecule has 0 aliphatic rings. The molecule has 2 N–H and O–H groups in total. The minimum absolute atomic E-state index is 0.482. The van der Waals surface area contributed by atoms with Crippen molar-refractivity contribution in [1.29, 1.82) is 0 Å². The highest BCUT2D eigenvalue weighted by Gasteiger charge is 1.98. The van der Waals surface area contributed by atoms with Gasteiger partial charge in [0.2, 0.25) is 0 Å². The molecule has 0 spiro atoms. The summed E-state index contributed by atoms with van der Waals surface area (Å²) >= 11 is 0. The molecular weight excluding hydrogens is 188 g/mol. The average molecular weight is 200 g/mol. The molecule has 15 heavy (non-hydrogen) atoms. The number of nitrogens with zero attached hydrogens (tertiary/aromatic N) is 3. The van der Waals surface area contributed by atoms with Crippen LogP contribution in [0, 0.1) is 0 Å². The Morgan fingerprint density at radius 2 is 1.67 bits per heavy atom. The van der Waals surface area contributed by atoms with Crippen LogP contribution in [0.5, 0.6) is 0 Å². The Hall–Kier alpha value is -1.81. The quantitative estimate of drug-likeness (QED) is 0.800. The van der Waals surface area contributed by atoms with Crippen molar-refractivity contribution >= 4 is 0 Å². The molecule has 0 radical (unpaired) electrons. The molecule has 0 aliphatic carbocycles. The maximum absolute atomic E-state index is 5.46. The van der Waals surface area contributed by atoms with Crippen LogP contribution in [0.15, 0.2) is 36.9 Å². The summed E-state index contributed by atoms with van der Waals surface area (Å²) < 4.78 is 0. The van der Waals surface area contributed by atoms with E-state index in [0.29, 0.717) is 6.54 Å². The van der Waals surface area contributed by atoms with Crippen LogP contribution in [0.25, 0.3) is 0 Å². The third-order valence-electron chi connectivity index (χ3n) is 2.11. The Labute approximate surface area is 88.2 Å². The standard InChI is InChI=1S/C11H12N4/c12-6-10-7-14-11(15-8-10)5-9-1-3-13-4-2-9/h1-4,7-8H,5-6,12H2. The average Bonchev–Trinajstić information content (AvgIpc) is 2.31. The van der Waals surface area contributed by atoms with Gasteiger partial charge in [0.15, 0.2) is 0 Å². The number of hydrogen-bond donors (Lipinski definition) is 1. The van der Waals surface area contributed by atoms with Crippen molar-refractivity contribution in [3.63, 3.8) is 0 Å². The molecule has 2 aromatic heterocycles. The van der Waals surface area contributed by atoms with Crippen molar-refractivity contribution in [3.05, 3.63) is 53.9 Å². The summed E-state index contributed by atoms with van der Waals surface area (Å²) in [6.07, 6.45) is 7.80. The van der Waals surface area contributed by atoms with Crippen LogP contribution in [0.2, 0.25) is 0 Å². The maximum atomic E-state index is 5.46. The van der Waals surface area contributed by atoms with Crippen molar-refractivity contribution in [1.82, 2.24) is 15.0 Å². The normalized spacial score (nSPS) is 10.2. The SMILES string of the molecule is NCc1cnc(Cc2ccncc2)nc1. The van der Waals surface area contributed by atoms with Gasteiger partial charge in [-0.05, 0) is 17.7 Å². The minimum atomic E-state index is 0.482. The van der Waals surface area contributed by atoms with E-state index in [4.69, 9.17) is 5.73 Å². The minimum Gasteiger partial charge on any atom is -0.326 e. The van der Waals surface area contributed by atoms with Gasteiger partial charge in [0.25, 0.3) is 0 Å². The number of hydrogen-bond acceptors (Lipinski definition) is 4. The molecule has 0 aliphatic heterocycles. The summed E-state index contributed by atoms with van der Waals surface area (Å²) in [5.74, 6) is 0.804. The molecule has 0 saturated carbocycles. The molecule has 4 nitrogen and oxygen atoms in total. The lowest BCUT2D eigenvalue weighted by Gasteiger charge is -2.00. The van der Waals surface area contributed by atoms with Crippen LogP contribution in [-0.2, 0) is 13.0 Å². The molecule has 0 saturated heterocycles. The van der Waals surface area contributed by atoms with Gasteiger partial charge in [0, 0.05) is 43.3 Å². The molecule has 0 aromatic carbocycles. The summed E-state index contributed by atoms with van der Waals surface area (Å²) in [6.45, 7) is 0.482. The Bertz CT molecular complexity index is 410. The van der Waals surface area contributed by atoms with Crippen LogP contribution in [0.4, 0.5) is 0 Å². The third kappa shape index (κ3) is 2.57. The fourth-order valence-electron chi connectivity index (χ4n) is 1.26. The summed E-state index contributed by atoms with van der Waals surface area (Å²) in [4.78, 5) is 12.4. The van der Waals surface area contributed by atoms with Crippen molar-refractivity contribution in [2.75, 3.05) is 0 Å². The fourth-order valence-corrected chi connectivity index (χ4v) is 1.26. The highest BCUT2D eigenvalue weighted by molar-refractivity contribution is 5.16. The first kappa shape index (κ1) is 9.73. The van der Waals surface area contributed by atoms with Crippen molar-refractivity contribution < 1.29 is 0 Å². The highest BCUT2D eigenvalue weighted by atomic mass is 14.9. The summed E-state index contributed by atoms with van der Waals surface area (Å²) in [6, 6.07) is 3.92. The van der Waals surface area contributed by atoms with Gasteiger partial charge in [0.1, 0.15) is 5.82 Å². The van der Waals surface area contributed by atoms with Crippen molar-refractivity contribution in [2.45, 2.75) is 13.0 Å². The zero-order valence-electron chi connectivity index (χ0n) is 8.30. The summed E-state index contributed by atoms with van der Waals surface area (Å²) in [7, 11) is 0. The molecular formula is C11H12N4. The molecule has 76 valence electrons. The Morgan fingerprint density at radius 3 is 2.27 bits per heavy atom. The van der Waals surface area contributed by atoms with E-state index >= 15 is 0 Å². The van der Waals surface area contributed by atoms with Crippen LogP contribution < -0.4 is 5.73 Å². The van der Waals surface area contributed by atoms with E-state index in [-0.39, 0.29) is 0 Å². The van der Waals surface area contributed by atoms with Gasteiger partial charge in [0.05, 0.1) is 0 Å². The van der Waals surface area contributed by atoms with Gasteiger partial charge in [-0.15, -0.1) is 0 Å². The third-order valence-corrected chi connectivity index (χ3v) is 2.11. The molecule has 2 heterocycles. The largest absolute Gasteiger partial charge is 0.326 e. The first-order chi connectivity index (χ1) is 7.38. The van der Waals surface area contributed by atoms with Gasteiger partial charge in [-0.25, -0.2) is 9.97 Å². The predicted molar refractivity (Wildman–Crippen MR) is 57.0 cm³/mol. The number of aromatic nitrogens is 3. The van der Waals surface area contributed by atoms with E-state index in [1.54, 1.807) is 24.8 Å². The maximum Gasteiger partial charge on any atom is 0.132 e. The second-order valence-corrected chi connectivity index (χ2v) is 3.24. The lowest BCUT2D eigenvalue weighted by molar-refractivity contribution is 0.924. The van der Waals surface area contributed by atoms with E-state index in [0.717, 1.165) is 23.4 Å². The van der Waals surface area contributed by atoms with E-state index in [1.807, 2.05) is 12.1 Å². The molecule has 0 bridgehead atoms. The van der Waals surface area contributed by atoms with E-state index in [1.165, 1.54) is 0 Å². The monoisotopic (exact) mass is 200 g/mol. The lowest BCUT2D eigenvalue weighted by Crippen LogP contribution is -2.01. The number of pyridine rings is 1. The zero-order chi connectivity index (χ0) is 10.5. The van der Waals surface area contributed by atoms with Crippen molar-refractivity contribution in [2.24, 2.45) is 5.73 Å². The van der Waals surface area contributed by atoms with Gasteiger partial charge in [-0.1, -0.05) is 0 Å². The smallest absolute Gasteiger partial charge is 0.132 e. The molecule has 0 atom stereocenters. The van der Waals surface area contributed by atoms with Crippen LogP contribution in [0.3, 0.4) is 0 Å². The lowest BCUT2D eigenvalue weighted by atomic mass is 10.2. The van der Waals surface area contributed by atoms with Crippen molar-refractivity contribution in [3.8, 4) is 0 Å². The fraction of sp³-hybridized carbons (Fsp3) is 0.182. The van der Waals surface area contributed by atoms with E-state index in [9.17, 15) is 0 Å². The van der Waals surface area contributed by atoms with Gasteiger partial charge in [-0.2, -0.15) is 0 Å².